The Hall–Kier alpha value is 0.370. The fourth-order valence-corrected chi connectivity index (χ4v) is 1.06. The van der Waals surface area contributed by atoms with Crippen LogP contribution in [0.25, 0.3) is 0 Å². The van der Waals surface area contributed by atoms with E-state index in [1.165, 1.54) is 0 Å². The van der Waals surface area contributed by atoms with Crippen LogP contribution in [0.5, 0.6) is 0 Å². The zero-order valence-electron chi connectivity index (χ0n) is 4.76. The summed E-state index contributed by atoms with van der Waals surface area (Å²) in [6.07, 6.45) is 4.63. The van der Waals surface area contributed by atoms with Crippen molar-refractivity contribution in [1.82, 2.24) is 0 Å². The predicted molar refractivity (Wildman–Crippen MR) is 41.5 cm³/mol. The van der Waals surface area contributed by atoms with E-state index in [2.05, 4.69) is 12.6 Å². The molecule has 0 spiro atoms. The average Bonchev–Trinajstić information content (AvgIpc) is 1.83. The molecule has 0 heterocycles. The van der Waals surface area contributed by atoms with Gasteiger partial charge in [0.1, 0.15) is 0 Å². The predicted octanol–water partition coefficient (Wildman–Crippen LogP) is 1.15. The Morgan fingerprint density at radius 1 is 1.88 bits per heavy atom. The van der Waals surface area contributed by atoms with Gasteiger partial charge in [-0.3, -0.25) is 4.79 Å². The van der Waals surface area contributed by atoms with Crippen LogP contribution in [0.3, 0.4) is 0 Å². The molecule has 0 amide bonds. The maximum absolute atomic E-state index is 9.80. The molecule has 0 aliphatic carbocycles. The van der Waals surface area contributed by atoms with Crippen LogP contribution < -0.4 is 0 Å². The van der Waals surface area contributed by atoms with E-state index < -0.39 is 0 Å². The summed E-state index contributed by atoms with van der Waals surface area (Å²) < 4.78 is 0. The van der Waals surface area contributed by atoms with Gasteiger partial charge in [0, 0.05) is 0 Å². The molecule has 1 radical (unpaired) electrons. The Kier molecular flexibility index (Phi) is 5.76. The van der Waals surface area contributed by atoms with Crippen LogP contribution in [0.4, 0.5) is 0 Å². The molecule has 1 nitrogen and oxygen atoms in total. The quantitative estimate of drug-likeness (QED) is 0.604. The largest absolute Gasteiger partial charge is 0.290 e. The molecule has 0 N–H and O–H groups in total. The molecule has 0 fully saturated rings. The Morgan fingerprint density at radius 2 is 2.50 bits per heavy atom. The van der Waals surface area contributed by atoms with Crippen molar-refractivity contribution in [1.29, 1.82) is 0 Å². The van der Waals surface area contributed by atoms with E-state index in [4.69, 9.17) is 0 Å². The molecule has 0 bridgehead atoms. The van der Waals surface area contributed by atoms with Gasteiger partial charge in [-0.25, -0.2) is 0 Å². The van der Waals surface area contributed by atoms with E-state index in [1.807, 2.05) is 6.26 Å². The second-order valence-electron chi connectivity index (χ2n) is 1.42. The van der Waals surface area contributed by atoms with Crippen molar-refractivity contribution >= 4 is 30.7 Å². The highest BCUT2D eigenvalue weighted by molar-refractivity contribution is 7.98. The summed E-state index contributed by atoms with van der Waals surface area (Å²) in [6.45, 7) is 0. The highest BCUT2D eigenvalue weighted by atomic mass is 32.2. The van der Waals surface area contributed by atoms with Gasteiger partial charge in [0.2, 0.25) is 6.29 Å². The minimum absolute atomic E-state index is 0.178. The Bertz CT molecular complexity index is 65.4. The van der Waals surface area contributed by atoms with Crippen molar-refractivity contribution in [2.24, 2.45) is 0 Å². The first kappa shape index (κ1) is 8.37. The molecule has 0 saturated heterocycles. The molecule has 0 rings (SSSR count). The fraction of sp³-hybridized carbons (Fsp3) is 0.800. The van der Waals surface area contributed by atoms with Gasteiger partial charge in [0.15, 0.2) is 0 Å². The second kappa shape index (κ2) is 5.51. The van der Waals surface area contributed by atoms with Crippen molar-refractivity contribution in [2.75, 3.05) is 12.0 Å². The maximum Gasteiger partial charge on any atom is 0.212 e. The molecule has 0 unspecified atom stereocenters. The minimum Gasteiger partial charge on any atom is -0.290 e. The highest BCUT2D eigenvalue weighted by Gasteiger charge is 1.98. The Labute approximate surface area is 59.6 Å². The molecular weight excluding hydrogens is 140 g/mol. The number of carbonyl (C=O) groups excluding carboxylic acids is 1. The van der Waals surface area contributed by atoms with Crippen LogP contribution in [-0.4, -0.2) is 23.5 Å². The van der Waals surface area contributed by atoms with Gasteiger partial charge in [0.05, 0.1) is 5.25 Å². The first-order valence-corrected chi connectivity index (χ1v) is 4.27. The summed E-state index contributed by atoms with van der Waals surface area (Å²) >= 11 is 5.64. The normalized spacial score (nSPS) is 13.2. The summed E-state index contributed by atoms with van der Waals surface area (Å²) in [5.74, 6) is 0.989. The van der Waals surface area contributed by atoms with E-state index in [-0.39, 0.29) is 5.25 Å². The van der Waals surface area contributed by atoms with Gasteiger partial charge < -0.3 is 0 Å². The van der Waals surface area contributed by atoms with Crippen molar-refractivity contribution in [3.05, 3.63) is 0 Å². The number of thioether (sulfide) groups is 1. The van der Waals surface area contributed by atoms with Crippen LogP contribution in [0.2, 0.25) is 0 Å². The molecule has 47 valence electrons. The molecular formula is C5H9OS2. The van der Waals surface area contributed by atoms with Crippen molar-refractivity contribution < 1.29 is 4.79 Å². The second-order valence-corrected chi connectivity index (χ2v) is 3.02. The first-order valence-electron chi connectivity index (χ1n) is 2.36. The van der Waals surface area contributed by atoms with Crippen LogP contribution >= 0.6 is 24.4 Å². The molecule has 0 saturated carbocycles. The topological polar surface area (TPSA) is 17.1 Å². The third kappa shape index (κ3) is 4.53. The lowest BCUT2D eigenvalue weighted by Crippen LogP contribution is -2.00. The highest BCUT2D eigenvalue weighted by Crippen LogP contribution is 2.02. The van der Waals surface area contributed by atoms with Gasteiger partial charge in [-0.2, -0.15) is 24.4 Å². The van der Waals surface area contributed by atoms with Gasteiger partial charge in [-0.05, 0) is 18.4 Å². The maximum atomic E-state index is 9.80. The van der Waals surface area contributed by atoms with E-state index >= 15 is 0 Å². The number of thiol groups is 1. The van der Waals surface area contributed by atoms with Crippen molar-refractivity contribution in [3.63, 3.8) is 0 Å². The van der Waals surface area contributed by atoms with Crippen molar-refractivity contribution in [3.8, 4) is 0 Å². The van der Waals surface area contributed by atoms with Crippen LogP contribution in [0, 0.1) is 0 Å². The SMILES string of the molecule is CSCC[C@H](S)[C]=O. The van der Waals surface area contributed by atoms with Gasteiger partial charge in [0.25, 0.3) is 0 Å². The van der Waals surface area contributed by atoms with Gasteiger partial charge >= 0.3 is 0 Å². The van der Waals surface area contributed by atoms with E-state index in [1.54, 1.807) is 18.0 Å². The van der Waals surface area contributed by atoms with Gasteiger partial charge in [-0.1, -0.05) is 0 Å². The van der Waals surface area contributed by atoms with Crippen LogP contribution in [0.1, 0.15) is 6.42 Å². The molecule has 0 aromatic heterocycles. The summed E-state index contributed by atoms with van der Waals surface area (Å²) in [7, 11) is 0. The van der Waals surface area contributed by atoms with E-state index in [0.29, 0.717) is 0 Å². The standard InChI is InChI=1S/C5H9OS2/c1-8-3-2-5(7)4-6/h5,7H,2-3H2,1H3/t5-/m0/s1. The average molecular weight is 149 g/mol. The lowest BCUT2D eigenvalue weighted by atomic mass is 10.4. The summed E-state index contributed by atoms with van der Waals surface area (Å²) in [5, 5.41) is -0.178. The smallest absolute Gasteiger partial charge is 0.212 e. The first-order chi connectivity index (χ1) is 3.81. The molecule has 0 aromatic carbocycles. The van der Waals surface area contributed by atoms with Crippen LogP contribution in [0.15, 0.2) is 0 Å². The zero-order chi connectivity index (χ0) is 6.41. The molecule has 3 heteroatoms. The number of rotatable bonds is 4. The molecule has 0 aliphatic heterocycles. The summed E-state index contributed by atoms with van der Waals surface area (Å²) in [6, 6.07) is 0. The van der Waals surface area contributed by atoms with E-state index in [9.17, 15) is 4.79 Å². The lowest BCUT2D eigenvalue weighted by Gasteiger charge is -1.96. The monoisotopic (exact) mass is 149 g/mol. The van der Waals surface area contributed by atoms with Crippen LogP contribution in [-0.2, 0) is 4.79 Å². The minimum atomic E-state index is -0.178. The van der Waals surface area contributed by atoms with Gasteiger partial charge in [-0.15, -0.1) is 0 Å². The zero-order valence-corrected chi connectivity index (χ0v) is 6.47. The summed E-state index contributed by atoms with van der Waals surface area (Å²) in [4.78, 5) is 9.80. The van der Waals surface area contributed by atoms with Crippen molar-refractivity contribution in [2.45, 2.75) is 11.7 Å². The summed E-state index contributed by atoms with van der Waals surface area (Å²) in [5.41, 5.74) is 0. The molecule has 1 atom stereocenters. The van der Waals surface area contributed by atoms with E-state index in [0.717, 1.165) is 12.2 Å². The molecule has 0 aromatic rings. The Morgan fingerprint density at radius 3 is 2.88 bits per heavy atom. The fourth-order valence-electron chi connectivity index (χ4n) is 0.288. The lowest BCUT2D eigenvalue weighted by molar-refractivity contribution is 0.552. The number of hydrogen-bond donors (Lipinski definition) is 1. The third-order valence-electron chi connectivity index (χ3n) is 0.731. The number of hydrogen-bond acceptors (Lipinski definition) is 3. The third-order valence-corrected chi connectivity index (χ3v) is 1.74. The Balaban J connectivity index is 2.98. The molecule has 8 heavy (non-hydrogen) atoms. The molecule has 0 aliphatic rings.